The average molecular weight is 303 g/mol. The molecule has 2 rings (SSSR count). The van der Waals surface area contributed by atoms with Gasteiger partial charge in [-0.05, 0) is 25.1 Å². The Morgan fingerprint density at radius 3 is 2.55 bits per heavy atom. The summed E-state index contributed by atoms with van der Waals surface area (Å²) in [7, 11) is 1.80. The van der Waals surface area contributed by atoms with E-state index < -0.39 is 12.0 Å². The van der Waals surface area contributed by atoms with Gasteiger partial charge in [-0.3, -0.25) is 9.69 Å². The van der Waals surface area contributed by atoms with Crippen molar-refractivity contribution in [2.45, 2.75) is 26.1 Å². The smallest absolute Gasteiger partial charge is 0.325 e. The van der Waals surface area contributed by atoms with Crippen molar-refractivity contribution in [1.29, 1.82) is 0 Å². The molecule has 2 N–H and O–H groups in total. The van der Waals surface area contributed by atoms with E-state index in [2.05, 4.69) is 4.98 Å². The number of aromatic nitrogens is 2. The lowest BCUT2D eigenvalue weighted by Crippen LogP contribution is -2.33. The molecular formula is C16H21N3O3. The number of rotatable bonds is 7. The highest BCUT2D eigenvalue weighted by Crippen LogP contribution is 2.20. The molecule has 1 atom stereocenters. The normalized spacial score (nSPS) is 12.5. The standard InChI is InChI=1S/C16H21N3O3/c1-12-17-7-8-19(12)10-9-18(2)15(16(21)22)14-5-3-13(11-20)4-6-14/h3-8,15,20H,9-11H2,1-2H3,(H,21,22). The van der Waals surface area contributed by atoms with Crippen molar-refractivity contribution in [3.63, 3.8) is 0 Å². The van der Waals surface area contributed by atoms with Gasteiger partial charge in [0, 0.05) is 25.5 Å². The molecule has 0 saturated heterocycles. The fourth-order valence-corrected chi connectivity index (χ4v) is 2.43. The summed E-state index contributed by atoms with van der Waals surface area (Å²) in [6.45, 7) is 3.15. The Morgan fingerprint density at radius 2 is 2.05 bits per heavy atom. The van der Waals surface area contributed by atoms with Gasteiger partial charge in [0.05, 0.1) is 6.61 Å². The fourth-order valence-electron chi connectivity index (χ4n) is 2.43. The molecule has 118 valence electrons. The summed E-state index contributed by atoms with van der Waals surface area (Å²) >= 11 is 0. The first-order chi connectivity index (χ1) is 10.5. The van der Waals surface area contributed by atoms with E-state index in [1.54, 1.807) is 42.4 Å². The van der Waals surface area contributed by atoms with Crippen molar-refractivity contribution >= 4 is 5.97 Å². The van der Waals surface area contributed by atoms with Crippen LogP contribution in [0, 0.1) is 6.92 Å². The number of aliphatic hydroxyl groups is 1. The summed E-state index contributed by atoms with van der Waals surface area (Å²) < 4.78 is 1.99. The van der Waals surface area contributed by atoms with Gasteiger partial charge in [0.2, 0.25) is 0 Å². The summed E-state index contributed by atoms with van der Waals surface area (Å²) in [4.78, 5) is 17.6. The Labute approximate surface area is 129 Å². The quantitative estimate of drug-likeness (QED) is 0.809. The fraction of sp³-hybridized carbons (Fsp3) is 0.375. The summed E-state index contributed by atoms with van der Waals surface area (Å²) in [5.41, 5.74) is 1.47. The first-order valence-corrected chi connectivity index (χ1v) is 7.13. The van der Waals surface area contributed by atoms with Crippen molar-refractivity contribution in [2.75, 3.05) is 13.6 Å². The average Bonchev–Trinajstić information content (AvgIpc) is 2.91. The van der Waals surface area contributed by atoms with Gasteiger partial charge in [-0.25, -0.2) is 4.98 Å². The molecule has 0 radical (unpaired) electrons. The van der Waals surface area contributed by atoms with E-state index in [1.165, 1.54) is 0 Å². The van der Waals surface area contributed by atoms with Crippen molar-refractivity contribution in [3.05, 3.63) is 53.6 Å². The first kappa shape index (κ1) is 16.2. The largest absolute Gasteiger partial charge is 0.480 e. The number of aliphatic hydroxyl groups excluding tert-OH is 1. The highest BCUT2D eigenvalue weighted by atomic mass is 16.4. The van der Waals surface area contributed by atoms with Gasteiger partial charge in [0.25, 0.3) is 0 Å². The number of aryl methyl sites for hydroxylation is 1. The summed E-state index contributed by atoms with van der Waals surface area (Å²) in [5.74, 6) is 0.0224. The zero-order valence-corrected chi connectivity index (χ0v) is 12.8. The third-order valence-corrected chi connectivity index (χ3v) is 3.77. The number of imidazole rings is 1. The Bertz CT molecular complexity index is 622. The second kappa shape index (κ2) is 7.20. The predicted molar refractivity (Wildman–Crippen MR) is 82.3 cm³/mol. The van der Waals surface area contributed by atoms with Crippen LogP contribution in [0.1, 0.15) is 23.0 Å². The van der Waals surface area contributed by atoms with E-state index >= 15 is 0 Å². The molecule has 0 bridgehead atoms. The summed E-state index contributed by atoms with van der Waals surface area (Å²) in [6, 6.07) is 6.29. The number of carboxylic acids is 1. The second-order valence-corrected chi connectivity index (χ2v) is 5.29. The zero-order chi connectivity index (χ0) is 16.1. The van der Waals surface area contributed by atoms with Crippen LogP contribution in [0.15, 0.2) is 36.7 Å². The highest BCUT2D eigenvalue weighted by Gasteiger charge is 2.24. The summed E-state index contributed by atoms with van der Waals surface area (Å²) in [5, 5.41) is 18.6. The lowest BCUT2D eigenvalue weighted by atomic mass is 10.0. The molecule has 6 heteroatoms. The van der Waals surface area contributed by atoms with Gasteiger partial charge in [0.1, 0.15) is 11.9 Å². The minimum absolute atomic E-state index is 0.0479. The number of hydrogen-bond donors (Lipinski definition) is 2. The van der Waals surface area contributed by atoms with Crippen LogP contribution in [-0.2, 0) is 17.9 Å². The lowest BCUT2D eigenvalue weighted by Gasteiger charge is -2.25. The minimum Gasteiger partial charge on any atom is -0.480 e. The van der Waals surface area contributed by atoms with E-state index in [9.17, 15) is 9.90 Å². The lowest BCUT2D eigenvalue weighted by molar-refractivity contribution is -0.143. The molecule has 2 aromatic rings. The molecule has 6 nitrogen and oxygen atoms in total. The zero-order valence-electron chi connectivity index (χ0n) is 12.8. The van der Waals surface area contributed by atoms with Gasteiger partial charge >= 0.3 is 5.97 Å². The van der Waals surface area contributed by atoms with Gasteiger partial charge in [-0.2, -0.15) is 0 Å². The maximum Gasteiger partial charge on any atom is 0.325 e. The molecule has 0 fully saturated rings. The Hall–Kier alpha value is -2.18. The van der Waals surface area contributed by atoms with E-state index in [0.717, 1.165) is 11.4 Å². The van der Waals surface area contributed by atoms with Crippen LogP contribution in [0.4, 0.5) is 0 Å². The Morgan fingerprint density at radius 1 is 1.36 bits per heavy atom. The molecule has 0 saturated carbocycles. The molecule has 22 heavy (non-hydrogen) atoms. The van der Waals surface area contributed by atoms with Crippen molar-refractivity contribution in [3.8, 4) is 0 Å². The Balaban J connectivity index is 2.09. The number of hydrogen-bond acceptors (Lipinski definition) is 4. The molecule has 0 spiro atoms. The number of benzene rings is 1. The third-order valence-electron chi connectivity index (χ3n) is 3.77. The first-order valence-electron chi connectivity index (χ1n) is 7.13. The van der Waals surface area contributed by atoms with E-state index in [0.29, 0.717) is 18.7 Å². The van der Waals surface area contributed by atoms with Gasteiger partial charge in [-0.1, -0.05) is 24.3 Å². The van der Waals surface area contributed by atoms with Crippen molar-refractivity contribution in [1.82, 2.24) is 14.5 Å². The number of carbonyl (C=O) groups is 1. The van der Waals surface area contributed by atoms with E-state index in [1.807, 2.05) is 17.7 Å². The molecule has 0 aliphatic carbocycles. The van der Waals surface area contributed by atoms with Crippen LogP contribution in [-0.4, -0.2) is 44.2 Å². The SMILES string of the molecule is Cc1nccn1CCN(C)C(C(=O)O)c1ccc(CO)cc1. The van der Waals surface area contributed by atoms with Crippen LogP contribution in [0.3, 0.4) is 0 Å². The molecule has 1 heterocycles. The van der Waals surface area contributed by atoms with E-state index in [-0.39, 0.29) is 6.61 Å². The molecule has 0 aliphatic heterocycles. The minimum atomic E-state index is -0.887. The summed E-state index contributed by atoms with van der Waals surface area (Å²) in [6.07, 6.45) is 3.62. The van der Waals surface area contributed by atoms with Gasteiger partial charge in [-0.15, -0.1) is 0 Å². The predicted octanol–water partition coefficient (Wildman–Crippen LogP) is 1.44. The number of aliphatic carboxylic acids is 1. The number of nitrogens with zero attached hydrogens (tertiary/aromatic N) is 3. The molecule has 1 aromatic carbocycles. The van der Waals surface area contributed by atoms with Crippen LogP contribution in [0.5, 0.6) is 0 Å². The molecule has 1 aromatic heterocycles. The van der Waals surface area contributed by atoms with Crippen LogP contribution >= 0.6 is 0 Å². The maximum absolute atomic E-state index is 11.6. The van der Waals surface area contributed by atoms with Crippen LogP contribution in [0.2, 0.25) is 0 Å². The highest BCUT2D eigenvalue weighted by molar-refractivity contribution is 5.75. The molecule has 0 aliphatic rings. The van der Waals surface area contributed by atoms with Crippen LogP contribution < -0.4 is 0 Å². The third kappa shape index (κ3) is 3.72. The maximum atomic E-state index is 11.6. The van der Waals surface area contributed by atoms with Crippen molar-refractivity contribution in [2.24, 2.45) is 0 Å². The van der Waals surface area contributed by atoms with E-state index in [4.69, 9.17) is 5.11 Å². The Kier molecular flexibility index (Phi) is 5.30. The van der Waals surface area contributed by atoms with Crippen molar-refractivity contribution < 1.29 is 15.0 Å². The van der Waals surface area contributed by atoms with Crippen LogP contribution in [0.25, 0.3) is 0 Å². The number of likely N-dealkylation sites (N-methyl/N-ethyl adjacent to an activating group) is 1. The molecular weight excluding hydrogens is 282 g/mol. The monoisotopic (exact) mass is 303 g/mol. The molecule has 0 amide bonds. The number of carboxylic acid groups (broad SMARTS) is 1. The van der Waals surface area contributed by atoms with Gasteiger partial charge in [0.15, 0.2) is 0 Å². The second-order valence-electron chi connectivity index (χ2n) is 5.29. The van der Waals surface area contributed by atoms with Gasteiger partial charge < -0.3 is 14.8 Å². The molecule has 1 unspecified atom stereocenters. The topological polar surface area (TPSA) is 78.6 Å².